The number of benzene rings is 1. The van der Waals surface area contributed by atoms with Crippen molar-refractivity contribution in [1.29, 1.82) is 0 Å². The molecule has 2 rings (SSSR count). The quantitative estimate of drug-likeness (QED) is 0.379. The number of nitrogens with zero attached hydrogens (tertiary/aromatic N) is 3. The monoisotopic (exact) mass is 404 g/mol. The zero-order chi connectivity index (χ0) is 21.4. The van der Waals surface area contributed by atoms with Crippen LogP contribution in [0.4, 0.5) is 11.4 Å². The second kappa shape index (κ2) is 9.64. The molecule has 1 N–H and O–H groups in total. The molecule has 0 atom stereocenters. The van der Waals surface area contributed by atoms with E-state index in [1.54, 1.807) is 25.1 Å². The fraction of sp³-hybridized carbons (Fsp3) is 0.176. The summed E-state index contributed by atoms with van der Waals surface area (Å²) in [7, 11) is 1.16. The van der Waals surface area contributed by atoms with Gasteiger partial charge in [0.15, 0.2) is 12.4 Å². The van der Waals surface area contributed by atoms with Crippen LogP contribution in [0.1, 0.15) is 11.5 Å². The summed E-state index contributed by atoms with van der Waals surface area (Å²) < 4.78 is 15.4. The number of furan rings is 1. The number of methoxy groups -OCH3 is 1. The number of carbonyl (C=O) groups is 1. The van der Waals surface area contributed by atoms with Crippen molar-refractivity contribution < 1.29 is 28.5 Å². The molecule has 2 aromatic rings. The van der Waals surface area contributed by atoms with Gasteiger partial charge in [-0.25, -0.2) is 5.43 Å². The number of nitro benzene ring substituents is 2. The lowest BCUT2D eigenvalue weighted by Gasteiger charge is -2.10. The first-order chi connectivity index (χ1) is 13.8. The standard InChI is InChI=1S/C17H16N4O8/c1-11-5-6-13(29-11)4-3-7-18-19-16(22)10-28-17-14(21(25)26)8-12(20(23)24)9-15(17)27-2/h3-9H,10H2,1-2H3,(H,19,22)/b4-3+,18-7-. The average Bonchev–Trinajstić information content (AvgIpc) is 3.10. The van der Waals surface area contributed by atoms with Gasteiger partial charge in [0.05, 0.1) is 29.1 Å². The molecule has 0 aliphatic heterocycles. The maximum absolute atomic E-state index is 11.8. The third kappa shape index (κ3) is 5.89. The molecule has 0 bridgehead atoms. The molecule has 0 unspecified atom stereocenters. The normalized spacial score (nSPS) is 11.0. The molecule has 1 amide bonds. The molecule has 152 valence electrons. The van der Waals surface area contributed by atoms with E-state index in [4.69, 9.17) is 13.9 Å². The zero-order valence-corrected chi connectivity index (χ0v) is 15.4. The van der Waals surface area contributed by atoms with E-state index in [0.717, 1.165) is 25.0 Å². The second-order valence-electron chi connectivity index (χ2n) is 5.42. The summed E-state index contributed by atoms with van der Waals surface area (Å²) in [4.78, 5) is 32.2. The van der Waals surface area contributed by atoms with Gasteiger partial charge in [0, 0.05) is 6.21 Å². The number of hydrogen-bond donors (Lipinski definition) is 1. The van der Waals surface area contributed by atoms with Gasteiger partial charge in [-0.2, -0.15) is 5.10 Å². The van der Waals surface area contributed by atoms with Crippen LogP contribution in [-0.2, 0) is 4.79 Å². The minimum absolute atomic E-state index is 0.251. The van der Waals surface area contributed by atoms with Gasteiger partial charge in [0.1, 0.15) is 11.5 Å². The van der Waals surface area contributed by atoms with Gasteiger partial charge in [-0.05, 0) is 31.2 Å². The third-order valence-electron chi connectivity index (χ3n) is 3.37. The number of hydrazone groups is 1. The van der Waals surface area contributed by atoms with Crippen molar-refractivity contribution in [3.63, 3.8) is 0 Å². The molecule has 0 spiro atoms. The number of aryl methyl sites for hydroxylation is 1. The number of nitro groups is 2. The SMILES string of the molecule is COc1cc([N+](=O)[O-])cc([N+](=O)[O-])c1OCC(=O)N/N=C\C=C\c1ccc(C)o1. The molecule has 1 aromatic heterocycles. The predicted octanol–water partition coefficient (Wildman–Crippen LogP) is 2.61. The maximum Gasteiger partial charge on any atom is 0.321 e. The molecule has 0 saturated heterocycles. The van der Waals surface area contributed by atoms with Crippen molar-refractivity contribution >= 4 is 29.6 Å². The van der Waals surface area contributed by atoms with Crippen molar-refractivity contribution in [2.24, 2.45) is 5.10 Å². The summed E-state index contributed by atoms with van der Waals surface area (Å²) in [6.45, 7) is 1.17. The third-order valence-corrected chi connectivity index (χ3v) is 3.37. The molecule has 29 heavy (non-hydrogen) atoms. The minimum Gasteiger partial charge on any atom is -0.492 e. The van der Waals surface area contributed by atoms with Gasteiger partial charge in [-0.3, -0.25) is 25.0 Å². The van der Waals surface area contributed by atoms with Crippen LogP contribution in [0, 0.1) is 27.2 Å². The van der Waals surface area contributed by atoms with Crippen LogP contribution in [0.3, 0.4) is 0 Å². The first-order valence-electron chi connectivity index (χ1n) is 8.00. The van der Waals surface area contributed by atoms with Crippen molar-refractivity contribution in [3.8, 4) is 11.5 Å². The number of hydrogen-bond acceptors (Lipinski definition) is 9. The highest BCUT2D eigenvalue weighted by molar-refractivity contribution is 5.81. The van der Waals surface area contributed by atoms with Gasteiger partial charge < -0.3 is 13.9 Å². The average molecular weight is 404 g/mol. The van der Waals surface area contributed by atoms with Crippen LogP contribution in [0.15, 0.2) is 39.9 Å². The lowest BCUT2D eigenvalue weighted by Crippen LogP contribution is -2.24. The van der Waals surface area contributed by atoms with Crippen LogP contribution >= 0.6 is 0 Å². The van der Waals surface area contributed by atoms with E-state index in [1.807, 2.05) is 0 Å². The van der Waals surface area contributed by atoms with E-state index in [2.05, 4.69) is 10.5 Å². The van der Waals surface area contributed by atoms with Crippen molar-refractivity contribution in [1.82, 2.24) is 5.43 Å². The molecular formula is C17H16N4O8. The Morgan fingerprint density at radius 3 is 2.62 bits per heavy atom. The Hall–Kier alpha value is -4.22. The van der Waals surface area contributed by atoms with Gasteiger partial charge >= 0.3 is 5.69 Å². The first kappa shape index (κ1) is 21.1. The number of nitrogens with one attached hydrogen (secondary N) is 1. The summed E-state index contributed by atoms with van der Waals surface area (Å²) in [6.07, 6.45) is 4.46. The Labute approximate surface area is 163 Å². The van der Waals surface area contributed by atoms with E-state index in [0.29, 0.717) is 5.76 Å². The molecule has 0 fully saturated rings. The summed E-state index contributed by atoms with van der Waals surface area (Å²) in [5, 5.41) is 25.7. The van der Waals surface area contributed by atoms with Gasteiger partial charge in [0.2, 0.25) is 5.75 Å². The Morgan fingerprint density at radius 1 is 1.28 bits per heavy atom. The van der Waals surface area contributed by atoms with Crippen molar-refractivity contribution in [3.05, 3.63) is 62.1 Å². The number of carbonyl (C=O) groups excluding carboxylic acids is 1. The van der Waals surface area contributed by atoms with E-state index in [1.165, 1.54) is 12.3 Å². The Morgan fingerprint density at radius 2 is 2.03 bits per heavy atom. The van der Waals surface area contributed by atoms with Gasteiger partial charge in [0.25, 0.3) is 11.6 Å². The van der Waals surface area contributed by atoms with Crippen LogP contribution in [0.25, 0.3) is 6.08 Å². The fourth-order valence-electron chi connectivity index (χ4n) is 2.11. The summed E-state index contributed by atoms with van der Waals surface area (Å²) in [5.41, 5.74) is 0.913. The summed E-state index contributed by atoms with van der Waals surface area (Å²) in [6, 6.07) is 5.23. The number of amides is 1. The molecule has 0 aliphatic rings. The topological polar surface area (TPSA) is 159 Å². The smallest absolute Gasteiger partial charge is 0.321 e. The Kier molecular flexibility index (Phi) is 7.01. The number of rotatable bonds is 9. The zero-order valence-electron chi connectivity index (χ0n) is 15.4. The van der Waals surface area contributed by atoms with Gasteiger partial charge in [-0.15, -0.1) is 0 Å². The second-order valence-corrected chi connectivity index (χ2v) is 5.42. The van der Waals surface area contributed by atoms with Crippen LogP contribution in [0.2, 0.25) is 0 Å². The van der Waals surface area contributed by atoms with Crippen LogP contribution < -0.4 is 14.9 Å². The molecule has 12 nitrogen and oxygen atoms in total. The molecule has 0 radical (unpaired) electrons. The van der Waals surface area contributed by atoms with E-state index < -0.39 is 39.5 Å². The molecule has 1 aromatic carbocycles. The molecule has 12 heteroatoms. The van der Waals surface area contributed by atoms with Crippen LogP contribution in [-0.4, -0.2) is 35.7 Å². The highest BCUT2D eigenvalue weighted by Gasteiger charge is 2.27. The maximum atomic E-state index is 11.8. The Balaban J connectivity index is 2.00. The van der Waals surface area contributed by atoms with E-state index in [-0.39, 0.29) is 5.75 Å². The van der Waals surface area contributed by atoms with E-state index >= 15 is 0 Å². The van der Waals surface area contributed by atoms with Crippen LogP contribution in [0.5, 0.6) is 11.5 Å². The number of non-ortho nitro benzene ring substituents is 1. The molecular weight excluding hydrogens is 388 g/mol. The number of allylic oxidation sites excluding steroid dienone is 1. The van der Waals surface area contributed by atoms with Crippen molar-refractivity contribution in [2.75, 3.05) is 13.7 Å². The lowest BCUT2D eigenvalue weighted by atomic mass is 10.2. The summed E-state index contributed by atoms with van der Waals surface area (Å²) >= 11 is 0. The largest absolute Gasteiger partial charge is 0.492 e. The molecule has 0 saturated carbocycles. The first-order valence-corrected chi connectivity index (χ1v) is 8.00. The summed E-state index contributed by atoms with van der Waals surface area (Å²) in [5.74, 6) is -0.00335. The predicted molar refractivity (Wildman–Crippen MR) is 101 cm³/mol. The molecule has 1 heterocycles. The molecule has 0 aliphatic carbocycles. The van der Waals surface area contributed by atoms with Crippen molar-refractivity contribution in [2.45, 2.75) is 6.92 Å². The Bertz CT molecular complexity index is 980. The highest BCUT2D eigenvalue weighted by atomic mass is 16.6. The highest BCUT2D eigenvalue weighted by Crippen LogP contribution is 2.40. The van der Waals surface area contributed by atoms with Gasteiger partial charge in [-0.1, -0.05) is 0 Å². The minimum atomic E-state index is -0.873. The lowest BCUT2D eigenvalue weighted by molar-refractivity contribution is -0.394. The van der Waals surface area contributed by atoms with E-state index in [9.17, 15) is 25.0 Å². The fourth-order valence-corrected chi connectivity index (χ4v) is 2.11. The number of ether oxygens (including phenoxy) is 2.